The second-order valence-corrected chi connectivity index (χ2v) is 11.2. The van der Waals surface area contributed by atoms with Crippen molar-refractivity contribution in [2.75, 3.05) is 18.1 Å². The van der Waals surface area contributed by atoms with Gasteiger partial charge in [-0.15, -0.1) is 11.3 Å². The van der Waals surface area contributed by atoms with Crippen molar-refractivity contribution in [3.63, 3.8) is 0 Å². The van der Waals surface area contributed by atoms with Crippen molar-refractivity contribution in [1.82, 2.24) is 13.9 Å². The van der Waals surface area contributed by atoms with Gasteiger partial charge in [0.15, 0.2) is 5.13 Å². The van der Waals surface area contributed by atoms with Crippen LogP contribution in [0, 0.1) is 5.82 Å². The van der Waals surface area contributed by atoms with Crippen molar-refractivity contribution in [2.24, 2.45) is 0 Å². The average Bonchev–Trinajstić information content (AvgIpc) is 3.49. The quantitative estimate of drug-likeness (QED) is 0.410. The molecule has 5 rings (SSSR count). The van der Waals surface area contributed by atoms with Gasteiger partial charge in [0.05, 0.1) is 17.5 Å². The van der Waals surface area contributed by atoms with Crippen LogP contribution in [0.15, 0.2) is 72.4 Å². The van der Waals surface area contributed by atoms with Crippen molar-refractivity contribution < 1.29 is 22.4 Å². The van der Waals surface area contributed by atoms with Gasteiger partial charge in [0, 0.05) is 29.9 Å². The highest BCUT2D eigenvalue weighted by Gasteiger charge is 2.38. The van der Waals surface area contributed by atoms with E-state index >= 15 is 0 Å². The van der Waals surface area contributed by atoms with E-state index in [1.165, 1.54) is 46.8 Å². The predicted molar refractivity (Wildman–Crippen MR) is 136 cm³/mol. The second kappa shape index (κ2) is 9.32. The number of nitrogens with zero attached hydrogens (tertiary/aromatic N) is 3. The normalized spacial score (nSPS) is 15.4. The Morgan fingerprint density at radius 3 is 2.50 bits per heavy atom. The lowest BCUT2D eigenvalue weighted by Gasteiger charge is -2.39. The zero-order valence-electron chi connectivity index (χ0n) is 19.1. The molecule has 1 aliphatic rings. The van der Waals surface area contributed by atoms with Gasteiger partial charge in [-0.2, -0.15) is 0 Å². The number of halogens is 1. The summed E-state index contributed by atoms with van der Waals surface area (Å²) in [6.45, 7) is 0.403. The van der Waals surface area contributed by atoms with E-state index in [0.29, 0.717) is 23.8 Å². The number of nitrogens with one attached hydrogen (secondary N) is 1. The molecule has 3 heterocycles. The van der Waals surface area contributed by atoms with Crippen LogP contribution in [0.2, 0.25) is 0 Å². The monoisotopic (exact) mass is 524 g/mol. The zero-order valence-corrected chi connectivity index (χ0v) is 20.7. The molecule has 0 radical (unpaired) electrons. The van der Waals surface area contributed by atoms with Crippen molar-refractivity contribution in [2.45, 2.75) is 12.5 Å². The number of benzene rings is 2. The maximum atomic E-state index is 13.3. The van der Waals surface area contributed by atoms with E-state index in [0.717, 1.165) is 26.9 Å². The maximum Gasteiger partial charge on any atom is 0.256 e. The van der Waals surface area contributed by atoms with Crippen LogP contribution >= 0.6 is 11.3 Å². The maximum absolute atomic E-state index is 13.3. The molecule has 0 saturated carbocycles. The lowest BCUT2D eigenvalue weighted by atomic mass is 10.0. The van der Waals surface area contributed by atoms with Gasteiger partial charge in [0.1, 0.15) is 11.9 Å². The molecule has 1 fully saturated rings. The molecule has 0 aliphatic carbocycles. The fourth-order valence-electron chi connectivity index (χ4n) is 3.93. The SMILES string of the molecule is CS(=O)(=O)n1ccc(C(=O)N2CC[C@H]2C(=O)Nc2nc(-c3cccc(-c4ccc(F)cc4)c3)cs2)c1. The summed E-state index contributed by atoms with van der Waals surface area (Å²) in [6, 6.07) is 14.7. The number of likely N-dealkylation sites (tertiary alicyclic amines) is 1. The molecule has 11 heteroatoms. The number of amides is 2. The fourth-order valence-corrected chi connectivity index (χ4v) is 5.24. The molecule has 2 amide bonds. The van der Waals surface area contributed by atoms with Crippen molar-refractivity contribution in [3.8, 4) is 22.4 Å². The molecule has 1 N–H and O–H groups in total. The first-order valence-electron chi connectivity index (χ1n) is 11.0. The van der Waals surface area contributed by atoms with Crippen molar-refractivity contribution in [3.05, 3.63) is 83.8 Å². The van der Waals surface area contributed by atoms with Gasteiger partial charge in [0.2, 0.25) is 15.9 Å². The Morgan fingerprint density at radius 1 is 1.08 bits per heavy atom. The van der Waals surface area contributed by atoms with Crippen molar-refractivity contribution in [1.29, 1.82) is 0 Å². The fraction of sp³-hybridized carbons (Fsp3) is 0.160. The number of anilines is 1. The van der Waals surface area contributed by atoms with Gasteiger partial charge < -0.3 is 10.2 Å². The van der Waals surface area contributed by atoms with Crippen LogP contribution in [0.4, 0.5) is 9.52 Å². The topological polar surface area (TPSA) is 101 Å². The summed E-state index contributed by atoms with van der Waals surface area (Å²) in [5.41, 5.74) is 3.53. The van der Waals surface area contributed by atoms with E-state index in [9.17, 15) is 22.4 Å². The number of hydrogen-bond acceptors (Lipinski definition) is 6. The smallest absolute Gasteiger partial charge is 0.256 e. The first-order chi connectivity index (χ1) is 17.2. The third-order valence-corrected chi connectivity index (χ3v) is 7.70. The highest BCUT2D eigenvalue weighted by atomic mass is 32.2. The largest absolute Gasteiger partial charge is 0.326 e. The molecule has 1 saturated heterocycles. The molecular formula is C25H21FN4O4S2. The lowest BCUT2D eigenvalue weighted by Crippen LogP contribution is -2.56. The highest BCUT2D eigenvalue weighted by Crippen LogP contribution is 2.30. The van der Waals surface area contributed by atoms with Gasteiger partial charge in [-0.25, -0.2) is 17.8 Å². The molecule has 2 aromatic carbocycles. The van der Waals surface area contributed by atoms with Crippen LogP contribution in [-0.4, -0.2) is 52.9 Å². The Kier molecular flexibility index (Phi) is 6.19. The molecule has 1 atom stereocenters. The molecule has 0 spiro atoms. The summed E-state index contributed by atoms with van der Waals surface area (Å²) in [5, 5.41) is 5.02. The molecule has 2 aromatic heterocycles. The number of aromatic nitrogens is 2. The number of carbonyl (C=O) groups is 2. The predicted octanol–water partition coefficient (Wildman–Crippen LogP) is 4.08. The first-order valence-corrected chi connectivity index (χ1v) is 13.7. The summed E-state index contributed by atoms with van der Waals surface area (Å²) in [4.78, 5) is 31.6. The number of rotatable bonds is 6. The minimum absolute atomic E-state index is 0.204. The Labute approximate surface area is 211 Å². The molecular weight excluding hydrogens is 503 g/mol. The standard InChI is InChI=1S/C25H21FN4O4S2/c1-36(33,34)29-11-9-19(14-29)24(32)30-12-10-22(30)23(31)28-25-27-21(15-35-25)18-4-2-3-17(13-18)16-5-7-20(26)8-6-16/h2-9,11,13-15,22H,10,12H2,1H3,(H,27,28,31)/t22-/m0/s1. The van der Waals surface area contributed by atoms with Crippen LogP contribution in [0.5, 0.6) is 0 Å². The molecule has 36 heavy (non-hydrogen) atoms. The van der Waals surface area contributed by atoms with E-state index in [1.807, 2.05) is 29.6 Å². The summed E-state index contributed by atoms with van der Waals surface area (Å²) in [7, 11) is -3.50. The van der Waals surface area contributed by atoms with Gasteiger partial charge >= 0.3 is 0 Å². The van der Waals surface area contributed by atoms with E-state index < -0.39 is 22.0 Å². The molecule has 184 valence electrons. The Balaban J connectivity index is 1.26. The Morgan fingerprint density at radius 2 is 1.83 bits per heavy atom. The van der Waals surface area contributed by atoms with Crippen LogP contribution < -0.4 is 5.32 Å². The van der Waals surface area contributed by atoms with E-state index in [-0.39, 0.29) is 17.3 Å². The molecule has 0 unspecified atom stereocenters. The first kappa shape index (κ1) is 23.9. The van der Waals surface area contributed by atoms with E-state index in [1.54, 1.807) is 12.1 Å². The van der Waals surface area contributed by atoms with Gasteiger partial charge in [-0.1, -0.05) is 30.3 Å². The highest BCUT2D eigenvalue weighted by molar-refractivity contribution is 7.89. The zero-order chi connectivity index (χ0) is 25.4. The summed E-state index contributed by atoms with van der Waals surface area (Å²) >= 11 is 1.27. The van der Waals surface area contributed by atoms with Gasteiger partial charge in [-0.05, 0) is 41.8 Å². The summed E-state index contributed by atoms with van der Waals surface area (Å²) < 4.78 is 37.5. The molecule has 1 aliphatic heterocycles. The van der Waals surface area contributed by atoms with Gasteiger partial charge in [-0.3, -0.25) is 13.6 Å². The number of carbonyl (C=O) groups excluding carboxylic acids is 2. The molecule has 4 aromatic rings. The number of hydrogen-bond donors (Lipinski definition) is 1. The van der Waals surface area contributed by atoms with E-state index in [2.05, 4.69) is 10.3 Å². The third-order valence-electron chi connectivity index (χ3n) is 5.95. The van der Waals surface area contributed by atoms with Crippen molar-refractivity contribution >= 4 is 38.3 Å². The minimum Gasteiger partial charge on any atom is -0.326 e. The molecule has 0 bridgehead atoms. The average molecular weight is 525 g/mol. The van der Waals surface area contributed by atoms with Crippen LogP contribution in [-0.2, 0) is 14.8 Å². The van der Waals surface area contributed by atoms with Gasteiger partial charge in [0.25, 0.3) is 5.91 Å². The lowest BCUT2D eigenvalue weighted by molar-refractivity contribution is -0.123. The van der Waals surface area contributed by atoms with Crippen LogP contribution in [0.25, 0.3) is 22.4 Å². The molecule has 8 nitrogen and oxygen atoms in total. The van der Waals surface area contributed by atoms with Crippen LogP contribution in [0.3, 0.4) is 0 Å². The second-order valence-electron chi connectivity index (χ2n) is 8.41. The summed E-state index contributed by atoms with van der Waals surface area (Å²) in [5.74, 6) is -1.05. The minimum atomic E-state index is -3.50. The Hall–Kier alpha value is -3.83. The number of thiazole rings is 1. The Bertz CT molecular complexity index is 1560. The third kappa shape index (κ3) is 4.79. The van der Waals surface area contributed by atoms with E-state index in [4.69, 9.17) is 0 Å². The summed E-state index contributed by atoms with van der Waals surface area (Å²) in [6.07, 6.45) is 4.10. The van der Waals surface area contributed by atoms with Crippen LogP contribution in [0.1, 0.15) is 16.8 Å².